The number of nitrogens with two attached hydrogens (primary N) is 1. The number of nitrogens with one attached hydrogen (secondary N) is 1. The Hall–Kier alpha value is -2.01. The second-order valence-electron chi connectivity index (χ2n) is 3.92. The maximum Gasteiger partial charge on any atom is 0.257 e. The maximum absolute atomic E-state index is 12.2. The largest absolute Gasteiger partial charge is 0.493 e. The SMILES string of the molecule is CCOc1cccc(N)c1C(=O)NCc1cccs1. The van der Waals surface area contributed by atoms with Crippen LogP contribution in [-0.4, -0.2) is 12.5 Å². The zero-order valence-electron chi connectivity index (χ0n) is 10.7. The number of nitrogen functional groups attached to an aromatic ring is 1. The van der Waals surface area contributed by atoms with E-state index < -0.39 is 0 Å². The Morgan fingerprint density at radius 1 is 1.37 bits per heavy atom. The molecule has 2 rings (SSSR count). The van der Waals surface area contributed by atoms with Crippen LogP contribution in [0.5, 0.6) is 5.75 Å². The van der Waals surface area contributed by atoms with Gasteiger partial charge >= 0.3 is 0 Å². The summed E-state index contributed by atoms with van der Waals surface area (Å²) < 4.78 is 5.44. The molecule has 3 N–H and O–H groups in total. The Morgan fingerprint density at radius 2 is 2.21 bits per heavy atom. The fourth-order valence-electron chi connectivity index (χ4n) is 1.74. The first-order valence-corrected chi connectivity index (χ1v) is 6.92. The first-order chi connectivity index (χ1) is 9.22. The predicted molar refractivity (Wildman–Crippen MR) is 77.5 cm³/mol. The van der Waals surface area contributed by atoms with E-state index >= 15 is 0 Å². The lowest BCUT2D eigenvalue weighted by Crippen LogP contribution is -2.24. The molecule has 0 atom stereocenters. The van der Waals surface area contributed by atoms with E-state index in [4.69, 9.17) is 10.5 Å². The van der Waals surface area contributed by atoms with Crippen molar-refractivity contribution >= 4 is 22.9 Å². The number of ether oxygens (including phenoxy) is 1. The van der Waals surface area contributed by atoms with E-state index in [1.54, 1.807) is 29.5 Å². The summed E-state index contributed by atoms with van der Waals surface area (Å²) in [5.74, 6) is 0.307. The molecule has 0 unspecified atom stereocenters. The molecule has 19 heavy (non-hydrogen) atoms. The Kier molecular flexibility index (Phi) is 4.41. The van der Waals surface area contributed by atoms with Gasteiger partial charge in [0.25, 0.3) is 5.91 Å². The van der Waals surface area contributed by atoms with Crippen LogP contribution in [0.25, 0.3) is 0 Å². The number of hydrogen-bond donors (Lipinski definition) is 2. The minimum atomic E-state index is -0.213. The molecular formula is C14H16N2O2S. The standard InChI is InChI=1S/C14H16N2O2S/c1-2-18-12-7-3-6-11(15)13(12)14(17)16-9-10-5-4-8-19-10/h3-8H,2,9,15H2,1H3,(H,16,17). The quantitative estimate of drug-likeness (QED) is 0.825. The minimum absolute atomic E-state index is 0.213. The number of anilines is 1. The van der Waals surface area contributed by atoms with Gasteiger partial charge in [-0.1, -0.05) is 12.1 Å². The van der Waals surface area contributed by atoms with Gasteiger partial charge in [0.1, 0.15) is 11.3 Å². The summed E-state index contributed by atoms with van der Waals surface area (Å²) in [6.07, 6.45) is 0. The molecule has 1 aromatic heterocycles. The van der Waals surface area contributed by atoms with Crippen LogP contribution in [0.1, 0.15) is 22.2 Å². The van der Waals surface area contributed by atoms with E-state index in [0.717, 1.165) is 4.88 Å². The van der Waals surface area contributed by atoms with Gasteiger partial charge in [-0.3, -0.25) is 4.79 Å². The molecule has 0 radical (unpaired) electrons. The van der Waals surface area contributed by atoms with Gasteiger partial charge in [-0.2, -0.15) is 0 Å². The normalized spacial score (nSPS) is 10.2. The summed E-state index contributed by atoms with van der Waals surface area (Å²) in [5.41, 5.74) is 6.69. The third-order valence-electron chi connectivity index (χ3n) is 2.59. The van der Waals surface area contributed by atoms with Crippen molar-refractivity contribution in [3.8, 4) is 5.75 Å². The van der Waals surface area contributed by atoms with Crippen LogP contribution in [0.4, 0.5) is 5.69 Å². The molecule has 2 aromatic rings. The lowest BCUT2D eigenvalue weighted by atomic mass is 10.1. The highest BCUT2D eigenvalue weighted by atomic mass is 32.1. The van der Waals surface area contributed by atoms with Gasteiger partial charge < -0.3 is 15.8 Å². The molecule has 0 fully saturated rings. The summed E-state index contributed by atoms with van der Waals surface area (Å²) in [6.45, 7) is 2.86. The summed E-state index contributed by atoms with van der Waals surface area (Å²) in [4.78, 5) is 13.3. The van der Waals surface area contributed by atoms with Crippen LogP contribution >= 0.6 is 11.3 Å². The number of benzene rings is 1. The minimum Gasteiger partial charge on any atom is -0.493 e. The molecule has 0 aliphatic heterocycles. The monoisotopic (exact) mass is 276 g/mol. The number of carbonyl (C=O) groups excluding carboxylic acids is 1. The molecule has 1 amide bonds. The van der Waals surface area contributed by atoms with Crippen LogP contribution in [0, 0.1) is 0 Å². The highest BCUT2D eigenvalue weighted by Gasteiger charge is 2.15. The lowest BCUT2D eigenvalue weighted by Gasteiger charge is -2.12. The van der Waals surface area contributed by atoms with E-state index in [9.17, 15) is 4.79 Å². The van der Waals surface area contributed by atoms with Crippen molar-refractivity contribution in [1.82, 2.24) is 5.32 Å². The van der Waals surface area contributed by atoms with Crippen molar-refractivity contribution in [3.63, 3.8) is 0 Å². The molecule has 4 nitrogen and oxygen atoms in total. The summed E-state index contributed by atoms with van der Waals surface area (Å²) in [7, 11) is 0. The highest BCUT2D eigenvalue weighted by molar-refractivity contribution is 7.09. The van der Waals surface area contributed by atoms with Gasteiger partial charge in [0.2, 0.25) is 0 Å². The van der Waals surface area contributed by atoms with Crippen molar-refractivity contribution in [2.45, 2.75) is 13.5 Å². The van der Waals surface area contributed by atoms with Crippen molar-refractivity contribution < 1.29 is 9.53 Å². The van der Waals surface area contributed by atoms with Crippen LogP contribution in [0.3, 0.4) is 0 Å². The molecule has 0 saturated heterocycles. The first-order valence-electron chi connectivity index (χ1n) is 6.04. The Morgan fingerprint density at radius 3 is 2.89 bits per heavy atom. The van der Waals surface area contributed by atoms with Crippen LogP contribution < -0.4 is 15.8 Å². The molecular weight excluding hydrogens is 260 g/mol. The van der Waals surface area contributed by atoms with Crippen LogP contribution in [0.15, 0.2) is 35.7 Å². The summed E-state index contributed by atoms with van der Waals surface area (Å²) >= 11 is 1.60. The van der Waals surface area contributed by atoms with E-state index in [1.807, 2.05) is 24.4 Å². The Labute approximate surface area is 116 Å². The molecule has 0 aliphatic carbocycles. The third kappa shape index (κ3) is 3.26. The molecule has 0 aliphatic rings. The molecule has 5 heteroatoms. The van der Waals surface area contributed by atoms with Crippen molar-refractivity contribution in [2.24, 2.45) is 0 Å². The second kappa shape index (κ2) is 6.24. The van der Waals surface area contributed by atoms with Crippen molar-refractivity contribution in [3.05, 3.63) is 46.2 Å². The van der Waals surface area contributed by atoms with Gasteiger partial charge in [0.05, 0.1) is 13.2 Å². The van der Waals surface area contributed by atoms with Gasteiger partial charge in [-0.25, -0.2) is 0 Å². The molecule has 1 aromatic carbocycles. The number of rotatable bonds is 5. The molecule has 0 bridgehead atoms. The fourth-order valence-corrected chi connectivity index (χ4v) is 2.38. The molecule has 0 saturated carbocycles. The van der Waals surface area contributed by atoms with Gasteiger partial charge in [-0.05, 0) is 30.5 Å². The first kappa shape index (κ1) is 13.4. The van der Waals surface area contributed by atoms with Crippen LogP contribution in [-0.2, 0) is 6.54 Å². The number of amides is 1. The number of hydrogen-bond acceptors (Lipinski definition) is 4. The number of carbonyl (C=O) groups is 1. The average molecular weight is 276 g/mol. The third-order valence-corrected chi connectivity index (χ3v) is 3.47. The van der Waals surface area contributed by atoms with E-state index in [0.29, 0.717) is 30.2 Å². The maximum atomic E-state index is 12.2. The topological polar surface area (TPSA) is 64.3 Å². The smallest absolute Gasteiger partial charge is 0.257 e. The lowest BCUT2D eigenvalue weighted by molar-refractivity contribution is 0.0948. The zero-order valence-corrected chi connectivity index (χ0v) is 11.5. The van der Waals surface area contributed by atoms with Crippen molar-refractivity contribution in [2.75, 3.05) is 12.3 Å². The van der Waals surface area contributed by atoms with Crippen molar-refractivity contribution in [1.29, 1.82) is 0 Å². The highest BCUT2D eigenvalue weighted by Crippen LogP contribution is 2.24. The molecule has 0 spiro atoms. The van der Waals surface area contributed by atoms with Gasteiger partial charge in [-0.15, -0.1) is 11.3 Å². The van der Waals surface area contributed by atoms with E-state index in [2.05, 4.69) is 5.32 Å². The second-order valence-corrected chi connectivity index (χ2v) is 4.95. The molecule has 100 valence electrons. The zero-order chi connectivity index (χ0) is 13.7. The average Bonchev–Trinajstić information content (AvgIpc) is 2.90. The predicted octanol–water partition coefficient (Wildman–Crippen LogP) is 2.66. The van der Waals surface area contributed by atoms with E-state index in [1.165, 1.54) is 0 Å². The molecule has 1 heterocycles. The summed E-state index contributed by atoms with van der Waals surface area (Å²) in [5, 5.41) is 4.83. The van der Waals surface area contributed by atoms with Gasteiger partial charge in [0.15, 0.2) is 0 Å². The number of thiophene rings is 1. The summed E-state index contributed by atoms with van der Waals surface area (Å²) in [6, 6.07) is 9.15. The Bertz CT molecular complexity index is 553. The van der Waals surface area contributed by atoms with Gasteiger partial charge in [0, 0.05) is 10.6 Å². The van der Waals surface area contributed by atoms with Crippen LogP contribution in [0.2, 0.25) is 0 Å². The Balaban J connectivity index is 2.13. The van der Waals surface area contributed by atoms with E-state index in [-0.39, 0.29) is 5.91 Å². The fraction of sp³-hybridized carbons (Fsp3) is 0.214.